The molecule has 1 fully saturated rings. The van der Waals surface area contributed by atoms with Crippen LogP contribution in [-0.4, -0.2) is 16.1 Å². The van der Waals surface area contributed by atoms with Crippen molar-refractivity contribution >= 4 is 16.6 Å². The summed E-state index contributed by atoms with van der Waals surface area (Å²) in [4.78, 5) is 8.56. The Morgan fingerprint density at radius 3 is 2.60 bits per heavy atom. The third kappa shape index (κ3) is 2.69. The van der Waals surface area contributed by atoms with Gasteiger partial charge in [-0.3, -0.25) is 0 Å². The van der Waals surface area contributed by atoms with Crippen molar-refractivity contribution in [1.29, 1.82) is 0 Å². The first kappa shape index (κ1) is 13.2. The van der Waals surface area contributed by atoms with Gasteiger partial charge < -0.3 is 10.5 Å². The number of nitrogens with two attached hydrogens (primary N) is 1. The van der Waals surface area contributed by atoms with Gasteiger partial charge in [0.2, 0.25) is 5.88 Å². The van der Waals surface area contributed by atoms with Crippen molar-refractivity contribution in [3.63, 3.8) is 0 Å². The molecule has 0 amide bonds. The molecule has 0 spiro atoms. The summed E-state index contributed by atoms with van der Waals surface area (Å²) < 4.78 is 6.16. The van der Waals surface area contributed by atoms with Gasteiger partial charge in [-0.15, -0.1) is 0 Å². The Kier molecular flexibility index (Phi) is 3.47. The van der Waals surface area contributed by atoms with Gasteiger partial charge in [0.05, 0.1) is 10.9 Å². The van der Waals surface area contributed by atoms with E-state index in [-0.39, 0.29) is 6.10 Å². The largest absolute Gasteiger partial charge is 0.474 e. The van der Waals surface area contributed by atoms with E-state index in [0.717, 1.165) is 23.7 Å². The minimum atomic E-state index is 0.244. The molecule has 0 aliphatic heterocycles. The molecule has 2 unspecified atom stereocenters. The number of aromatic nitrogens is 2. The minimum Gasteiger partial charge on any atom is -0.474 e. The van der Waals surface area contributed by atoms with Crippen LogP contribution < -0.4 is 10.5 Å². The highest BCUT2D eigenvalue weighted by atomic mass is 16.5. The number of nitrogens with zero attached hydrogens (tertiary/aromatic N) is 2. The fraction of sp³-hybridized carbons (Fsp3) is 0.500. The van der Waals surface area contributed by atoms with Gasteiger partial charge in [0.1, 0.15) is 12.4 Å². The van der Waals surface area contributed by atoms with Crippen LogP contribution in [-0.2, 0) is 0 Å². The van der Waals surface area contributed by atoms with Gasteiger partial charge in [-0.2, -0.15) is 0 Å². The van der Waals surface area contributed by atoms with E-state index < -0.39 is 0 Å². The highest BCUT2D eigenvalue weighted by molar-refractivity contribution is 5.86. The van der Waals surface area contributed by atoms with Crippen molar-refractivity contribution in [3.05, 3.63) is 24.5 Å². The Bertz CT molecular complexity index is 604. The minimum absolute atomic E-state index is 0.244. The van der Waals surface area contributed by atoms with Crippen LogP contribution in [0.2, 0.25) is 0 Å². The predicted octanol–water partition coefficient (Wildman–Crippen LogP) is 3.42. The summed E-state index contributed by atoms with van der Waals surface area (Å²) in [7, 11) is 0. The Morgan fingerprint density at radius 2 is 1.85 bits per heavy atom. The maximum absolute atomic E-state index is 6.16. The molecule has 1 aliphatic rings. The summed E-state index contributed by atoms with van der Waals surface area (Å²) in [6.07, 6.45) is 5.28. The normalized spacial score (nSPS) is 26.6. The topological polar surface area (TPSA) is 61.0 Å². The van der Waals surface area contributed by atoms with Gasteiger partial charge in [0.25, 0.3) is 0 Å². The zero-order valence-electron chi connectivity index (χ0n) is 12.0. The zero-order valence-corrected chi connectivity index (χ0v) is 12.0. The number of nitrogen functional groups attached to an aromatic ring is 1. The van der Waals surface area contributed by atoms with Crippen molar-refractivity contribution < 1.29 is 4.74 Å². The molecule has 3 rings (SSSR count). The highest BCUT2D eigenvalue weighted by Crippen LogP contribution is 2.32. The monoisotopic (exact) mass is 271 g/mol. The van der Waals surface area contributed by atoms with Crippen LogP contribution >= 0.6 is 0 Å². The molecular weight excluding hydrogens is 250 g/mol. The lowest BCUT2D eigenvalue weighted by molar-refractivity contribution is 0.0982. The molecule has 1 aliphatic carbocycles. The van der Waals surface area contributed by atoms with Crippen molar-refractivity contribution in [2.75, 3.05) is 5.73 Å². The molecule has 1 aromatic carbocycles. The second-order valence-electron chi connectivity index (χ2n) is 6.11. The molecule has 20 heavy (non-hydrogen) atoms. The summed E-state index contributed by atoms with van der Waals surface area (Å²) in [5.74, 6) is 2.08. The molecule has 2 atom stereocenters. The van der Waals surface area contributed by atoms with Crippen LogP contribution in [0.15, 0.2) is 24.5 Å². The average Bonchev–Trinajstić information content (AvgIpc) is 2.38. The quantitative estimate of drug-likeness (QED) is 0.850. The first-order chi connectivity index (χ1) is 9.61. The van der Waals surface area contributed by atoms with E-state index in [9.17, 15) is 0 Å². The van der Waals surface area contributed by atoms with E-state index >= 15 is 0 Å². The predicted molar refractivity (Wildman–Crippen MR) is 80.5 cm³/mol. The van der Waals surface area contributed by atoms with Crippen LogP contribution in [0.25, 0.3) is 10.9 Å². The van der Waals surface area contributed by atoms with Crippen molar-refractivity contribution in [1.82, 2.24) is 9.97 Å². The van der Waals surface area contributed by atoms with Gasteiger partial charge in [-0.05, 0) is 49.3 Å². The molecule has 0 saturated heterocycles. The van der Waals surface area contributed by atoms with E-state index in [1.807, 2.05) is 18.2 Å². The van der Waals surface area contributed by atoms with Gasteiger partial charge in [-0.1, -0.05) is 13.8 Å². The number of hydrogen-bond donors (Lipinski definition) is 1. The van der Waals surface area contributed by atoms with Gasteiger partial charge in [-0.25, -0.2) is 9.97 Å². The molecular formula is C16H21N3O. The van der Waals surface area contributed by atoms with Crippen LogP contribution in [0.1, 0.15) is 33.1 Å². The van der Waals surface area contributed by atoms with Gasteiger partial charge in [0, 0.05) is 5.69 Å². The SMILES string of the molecule is CC1CC(C)CC(Oc2ncnc3ccc(N)cc23)C1. The van der Waals surface area contributed by atoms with E-state index in [1.54, 1.807) is 6.33 Å². The number of fused-ring (bicyclic) bond motifs is 1. The molecule has 2 aromatic rings. The summed E-state index contributed by atoms with van der Waals surface area (Å²) in [6.45, 7) is 4.59. The number of anilines is 1. The average molecular weight is 271 g/mol. The summed E-state index contributed by atoms with van der Waals surface area (Å²) in [5.41, 5.74) is 7.45. The standard InChI is InChI=1S/C16H21N3O/c1-10-5-11(2)7-13(6-10)20-16-14-8-12(17)3-4-15(14)18-9-19-16/h3-4,8-11,13H,5-7,17H2,1-2H3. The van der Waals surface area contributed by atoms with E-state index in [4.69, 9.17) is 10.5 Å². The fourth-order valence-electron chi connectivity index (χ4n) is 3.27. The molecule has 1 aromatic heterocycles. The first-order valence-electron chi connectivity index (χ1n) is 7.28. The molecule has 0 radical (unpaired) electrons. The molecule has 1 heterocycles. The first-order valence-corrected chi connectivity index (χ1v) is 7.28. The maximum Gasteiger partial charge on any atom is 0.224 e. The van der Waals surface area contributed by atoms with Crippen molar-refractivity contribution in [2.24, 2.45) is 11.8 Å². The maximum atomic E-state index is 6.16. The lowest BCUT2D eigenvalue weighted by Crippen LogP contribution is -2.28. The van der Waals surface area contributed by atoms with Crippen molar-refractivity contribution in [3.8, 4) is 5.88 Å². The molecule has 2 N–H and O–H groups in total. The Morgan fingerprint density at radius 1 is 1.10 bits per heavy atom. The Balaban J connectivity index is 1.88. The number of benzene rings is 1. The van der Waals surface area contributed by atoms with Crippen molar-refractivity contribution in [2.45, 2.75) is 39.2 Å². The second-order valence-corrected chi connectivity index (χ2v) is 6.11. The summed E-state index contributed by atoms with van der Waals surface area (Å²) in [6, 6.07) is 5.65. The lowest BCUT2D eigenvalue weighted by atomic mass is 9.82. The van der Waals surface area contributed by atoms with Crippen LogP contribution in [0.3, 0.4) is 0 Å². The molecule has 106 valence electrons. The molecule has 1 saturated carbocycles. The van der Waals surface area contributed by atoms with Crippen LogP contribution in [0, 0.1) is 11.8 Å². The second kappa shape index (κ2) is 5.27. The van der Waals surface area contributed by atoms with Crippen LogP contribution in [0.5, 0.6) is 5.88 Å². The van der Waals surface area contributed by atoms with Crippen LogP contribution in [0.4, 0.5) is 5.69 Å². The van der Waals surface area contributed by atoms with Gasteiger partial charge in [0.15, 0.2) is 0 Å². The fourth-order valence-corrected chi connectivity index (χ4v) is 3.27. The van der Waals surface area contributed by atoms with E-state index in [2.05, 4.69) is 23.8 Å². The van der Waals surface area contributed by atoms with E-state index in [0.29, 0.717) is 23.4 Å². The third-order valence-corrected chi connectivity index (χ3v) is 4.04. The highest BCUT2D eigenvalue weighted by Gasteiger charge is 2.26. The number of hydrogen-bond acceptors (Lipinski definition) is 4. The number of rotatable bonds is 2. The Hall–Kier alpha value is -1.84. The Labute approximate surface area is 119 Å². The van der Waals surface area contributed by atoms with Gasteiger partial charge >= 0.3 is 0 Å². The molecule has 4 nitrogen and oxygen atoms in total. The molecule has 0 bridgehead atoms. The zero-order chi connectivity index (χ0) is 14.1. The lowest BCUT2D eigenvalue weighted by Gasteiger charge is -2.31. The smallest absolute Gasteiger partial charge is 0.224 e. The third-order valence-electron chi connectivity index (χ3n) is 4.04. The van der Waals surface area contributed by atoms with E-state index in [1.165, 1.54) is 6.42 Å². The number of ether oxygens (including phenoxy) is 1. The summed E-state index contributed by atoms with van der Waals surface area (Å²) >= 11 is 0. The molecule has 4 heteroatoms. The summed E-state index contributed by atoms with van der Waals surface area (Å²) in [5, 5.41) is 0.901.